The molecule has 1 aliphatic rings. The molecule has 2 atom stereocenters. The van der Waals surface area contributed by atoms with E-state index in [0.717, 1.165) is 24.2 Å². The molecule has 7 nitrogen and oxygen atoms in total. The fourth-order valence-electron chi connectivity index (χ4n) is 3.11. The Labute approximate surface area is 162 Å². The third-order valence-corrected chi connectivity index (χ3v) is 4.50. The van der Waals surface area contributed by atoms with E-state index >= 15 is 0 Å². The molecule has 0 saturated carbocycles. The van der Waals surface area contributed by atoms with E-state index in [1.165, 1.54) is 29.2 Å². The number of rotatable bonds is 8. The number of carbonyl (C=O) groups excluding carboxylic acids is 1. The Balaban J connectivity index is 1.90. The van der Waals surface area contributed by atoms with Gasteiger partial charge in [0.25, 0.3) is 0 Å². The minimum absolute atomic E-state index is 0.000642. The highest BCUT2D eigenvalue weighted by Gasteiger charge is 2.43. The van der Waals surface area contributed by atoms with Gasteiger partial charge in [0.2, 0.25) is 0 Å². The van der Waals surface area contributed by atoms with E-state index in [1.807, 2.05) is 24.3 Å². The SMILES string of the molecule is CCCCOc1ccc(C2[C@@H](CN=[N+]=[N-])OC(=O)N2c2ccc(F)cc2)cc1. The molecule has 8 heteroatoms. The van der Waals surface area contributed by atoms with Crippen LogP contribution in [0.3, 0.4) is 0 Å². The number of hydrogen-bond donors (Lipinski definition) is 0. The largest absolute Gasteiger partial charge is 0.494 e. The summed E-state index contributed by atoms with van der Waals surface area (Å²) in [6, 6.07) is 12.5. The molecular formula is C20H21FN4O3. The number of amides is 1. The van der Waals surface area contributed by atoms with Crippen molar-refractivity contribution < 1.29 is 18.7 Å². The highest BCUT2D eigenvalue weighted by atomic mass is 19.1. The molecule has 1 unspecified atom stereocenters. The summed E-state index contributed by atoms with van der Waals surface area (Å²) >= 11 is 0. The number of ether oxygens (including phenoxy) is 2. The molecule has 2 aromatic rings. The first kappa shape index (κ1) is 19.5. The maximum absolute atomic E-state index is 13.3. The summed E-state index contributed by atoms with van der Waals surface area (Å²) in [5, 5.41) is 3.57. The number of benzene rings is 2. The van der Waals surface area contributed by atoms with Crippen LogP contribution in [-0.2, 0) is 4.74 Å². The Bertz CT molecular complexity index is 851. The van der Waals surface area contributed by atoms with Crippen LogP contribution in [0.15, 0.2) is 53.6 Å². The Hall–Kier alpha value is -3.25. The van der Waals surface area contributed by atoms with Gasteiger partial charge in [0.15, 0.2) is 0 Å². The maximum atomic E-state index is 13.3. The van der Waals surface area contributed by atoms with Crippen molar-refractivity contribution in [3.8, 4) is 5.75 Å². The van der Waals surface area contributed by atoms with E-state index in [-0.39, 0.29) is 6.54 Å². The quantitative estimate of drug-likeness (QED) is 0.265. The standard InChI is InChI=1S/C20H21FN4O3/c1-2-3-12-27-17-10-4-14(5-11-17)19-18(13-23-24-22)28-20(26)25(19)16-8-6-15(21)7-9-16/h4-11,18-19H,2-3,12-13H2,1H3/t18-,19?/m1/s1. The first-order valence-corrected chi connectivity index (χ1v) is 9.13. The highest BCUT2D eigenvalue weighted by Crippen LogP contribution is 2.38. The Morgan fingerprint density at radius 1 is 1.21 bits per heavy atom. The summed E-state index contributed by atoms with van der Waals surface area (Å²) in [5.41, 5.74) is 9.95. The number of unbranched alkanes of at least 4 members (excludes halogenated alkanes) is 1. The molecule has 0 spiro atoms. The van der Waals surface area contributed by atoms with E-state index in [0.29, 0.717) is 12.3 Å². The van der Waals surface area contributed by atoms with Crippen molar-refractivity contribution in [3.05, 3.63) is 70.4 Å². The van der Waals surface area contributed by atoms with Crippen LogP contribution in [0, 0.1) is 5.82 Å². The molecule has 146 valence electrons. The number of carbonyl (C=O) groups is 1. The highest BCUT2D eigenvalue weighted by molar-refractivity contribution is 5.91. The molecule has 3 rings (SSSR count). The average molecular weight is 384 g/mol. The second-order valence-corrected chi connectivity index (χ2v) is 6.40. The van der Waals surface area contributed by atoms with Gasteiger partial charge >= 0.3 is 6.09 Å². The molecule has 0 bridgehead atoms. The number of hydrogen-bond acceptors (Lipinski definition) is 4. The van der Waals surface area contributed by atoms with Crippen molar-refractivity contribution in [3.63, 3.8) is 0 Å². The number of nitrogens with zero attached hydrogens (tertiary/aromatic N) is 4. The van der Waals surface area contributed by atoms with Crippen molar-refractivity contribution in [1.82, 2.24) is 0 Å². The predicted octanol–water partition coefficient (Wildman–Crippen LogP) is 5.38. The first-order chi connectivity index (χ1) is 13.6. The molecule has 1 heterocycles. The minimum Gasteiger partial charge on any atom is -0.494 e. The lowest BCUT2D eigenvalue weighted by molar-refractivity contribution is 0.136. The van der Waals surface area contributed by atoms with Gasteiger partial charge in [-0.15, -0.1) is 0 Å². The fraction of sp³-hybridized carbons (Fsp3) is 0.350. The third kappa shape index (κ3) is 4.35. The van der Waals surface area contributed by atoms with E-state index in [2.05, 4.69) is 16.9 Å². The summed E-state index contributed by atoms with van der Waals surface area (Å²) in [4.78, 5) is 16.7. The maximum Gasteiger partial charge on any atom is 0.415 e. The van der Waals surface area contributed by atoms with Gasteiger partial charge in [-0.25, -0.2) is 9.18 Å². The second-order valence-electron chi connectivity index (χ2n) is 6.40. The fourth-order valence-corrected chi connectivity index (χ4v) is 3.11. The topological polar surface area (TPSA) is 87.5 Å². The van der Waals surface area contributed by atoms with Crippen molar-refractivity contribution in [2.45, 2.75) is 31.9 Å². The molecule has 0 aromatic heterocycles. The Morgan fingerprint density at radius 3 is 2.57 bits per heavy atom. The zero-order chi connectivity index (χ0) is 19.9. The van der Waals surface area contributed by atoms with Crippen LogP contribution in [0.5, 0.6) is 5.75 Å². The normalized spacial score (nSPS) is 18.5. The van der Waals surface area contributed by atoms with Gasteiger partial charge < -0.3 is 9.47 Å². The lowest BCUT2D eigenvalue weighted by atomic mass is 10.00. The molecule has 0 aliphatic carbocycles. The average Bonchev–Trinajstić information content (AvgIpc) is 3.04. The van der Waals surface area contributed by atoms with Crippen LogP contribution in [0.4, 0.5) is 14.9 Å². The lowest BCUT2D eigenvalue weighted by Gasteiger charge is -2.24. The number of anilines is 1. The van der Waals surface area contributed by atoms with Gasteiger partial charge in [-0.05, 0) is 53.9 Å². The number of cyclic esters (lactones) is 1. The first-order valence-electron chi connectivity index (χ1n) is 9.13. The third-order valence-electron chi connectivity index (χ3n) is 4.50. The number of halogens is 1. The minimum atomic E-state index is -0.652. The lowest BCUT2D eigenvalue weighted by Crippen LogP contribution is -2.30. The number of azide groups is 1. The van der Waals surface area contributed by atoms with Crippen LogP contribution < -0.4 is 9.64 Å². The molecule has 28 heavy (non-hydrogen) atoms. The van der Waals surface area contributed by atoms with Crippen molar-refractivity contribution >= 4 is 11.8 Å². The monoisotopic (exact) mass is 384 g/mol. The van der Waals surface area contributed by atoms with E-state index < -0.39 is 24.1 Å². The molecule has 1 saturated heterocycles. The molecule has 1 fully saturated rings. The second kappa shape index (κ2) is 9.10. The molecule has 0 N–H and O–H groups in total. The van der Waals surface area contributed by atoms with Crippen LogP contribution in [-0.4, -0.2) is 25.3 Å². The van der Waals surface area contributed by atoms with Crippen molar-refractivity contribution in [2.75, 3.05) is 18.1 Å². The van der Waals surface area contributed by atoms with Crippen LogP contribution in [0.2, 0.25) is 0 Å². The summed E-state index contributed by atoms with van der Waals surface area (Å²) in [7, 11) is 0. The summed E-state index contributed by atoms with van der Waals surface area (Å²) in [6.07, 6.45) is 0.797. The van der Waals surface area contributed by atoms with Gasteiger partial charge in [0.1, 0.15) is 23.7 Å². The predicted molar refractivity (Wildman–Crippen MR) is 103 cm³/mol. The van der Waals surface area contributed by atoms with Gasteiger partial charge in [-0.1, -0.05) is 30.6 Å². The van der Waals surface area contributed by atoms with Crippen LogP contribution >= 0.6 is 0 Å². The van der Waals surface area contributed by atoms with Crippen molar-refractivity contribution in [2.24, 2.45) is 5.11 Å². The van der Waals surface area contributed by atoms with Gasteiger partial charge in [-0.3, -0.25) is 4.90 Å². The van der Waals surface area contributed by atoms with Gasteiger partial charge in [0.05, 0.1) is 13.2 Å². The zero-order valence-corrected chi connectivity index (χ0v) is 15.5. The molecule has 0 radical (unpaired) electrons. The summed E-state index contributed by atoms with van der Waals surface area (Å²) in [6.45, 7) is 2.74. The molecule has 1 amide bonds. The summed E-state index contributed by atoms with van der Waals surface area (Å²) in [5.74, 6) is 0.342. The molecule has 1 aliphatic heterocycles. The van der Waals surface area contributed by atoms with Gasteiger partial charge in [0, 0.05) is 10.6 Å². The van der Waals surface area contributed by atoms with Crippen LogP contribution in [0.25, 0.3) is 10.4 Å². The van der Waals surface area contributed by atoms with E-state index in [4.69, 9.17) is 15.0 Å². The zero-order valence-electron chi connectivity index (χ0n) is 15.5. The smallest absolute Gasteiger partial charge is 0.415 e. The van der Waals surface area contributed by atoms with Crippen LogP contribution in [0.1, 0.15) is 31.4 Å². The Morgan fingerprint density at radius 2 is 1.93 bits per heavy atom. The van der Waals surface area contributed by atoms with Gasteiger partial charge in [-0.2, -0.15) is 0 Å². The molecular weight excluding hydrogens is 363 g/mol. The molecule has 2 aromatic carbocycles. The van der Waals surface area contributed by atoms with Crippen molar-refractivity contribution in [1.29, 1.82) is 0 Å². The van der Waals surface area contributed by atoms with E-state index in [1.54, 1.807) is 0 Å². The summed E-state index contributed by atoms with van der Waals surface area (Å²) < 4.78 is 24.4. The Kier molecular flexibility index (Phi) is 6.34. The van der Waals surface area contributed by atoms with E-state index in [9.17, 15) is 9.18 Å².